The Balaban J connectivity index is 1.75. The molecule has 4 rings (SSSR count). The minimum Gasteiger partial charge on any atom is -0.481 e. The first-order valence-electron chi connectivity index (χ1n) is 9.60. The lowest BCUT2D eigenvalue weighted by molar-refractivity contribution is -0.137. The summed E-state index contributed by atoms with van der Waals surface area (Å²) in [6.45, 7) is 2.12. The van der Waals surface area contributed by atoms with Crippen LogP contribution in [0.1, 0.15) is 23.3 Å². The van der Waals surface area contributed by atoms with E-state index in [0.29, 0.717) is 23.8 Å². The van der Waals surface area contributed by atoms with Crippen molar-refractivity contribution in [3.8, 4) is 0 Å². The number of aliphatic carboxylic acids is 1. The molecule has 4 heterocycles. The Labute approximate surface area is 191 Å². The van der Waals surface area contributed by atoms with Crippen LogP contribution in [0.5, 0.6) is 0 Å². The predicted molar refractivity (Wildman–Crippen MR) is 124 cm³/mol. The SMILES string of the molecule is Cc1ccc2nc(NCc3ccco3)c(/C=C3\SC(=S)N(CCC(=O)O)C3=O)c(=O)n2c1. The summed E-state index contributed by atoms with van der Waals surface area (Å²) in [5.41, 5.74) is 1.17. The van der Waals surface area contributed by atoms with Crippen molar-refractivity contribution >= 4 is 57.7 Å². The highest BCUT2D eigenvalue weighted by molar-refractivity contribution is 8.26. The third-order valence-corrected chi connectivity index (χ3v) is 6.09. The number of anilines is 1. The topological polar surface area (TPSA) is 117 Å². The number of carboxylic acid groups (broad SMARTS) is 1. The van der Waals surface area contributed by atoms with Crippen LogP contribution in [0.25, 0.3) is 11.7 Å². The molecule has 164 valence electrons. The molecule has 0 bridgehead atoms. The third kappa shape index (κ3) is 4.43. The molecule has 0 aromatic carbocycles. The maximum absolute atomic E-state index is 13.3. The van der Waals surface area contributed by atoms with E-state index in [1.165, 1.54) is 15.4 Å². The van der Waals surface area contributed by atoms with Gasteiger partial charge in [0.2, 0.25) is 0 Å². The molecule has 32 heavy (non-hydrogen) atoms. The smallest absolute Gasteiger partial charge is 0.305 e. The van der Waals surface area contributed by atoms with E-state index in [0.717, 1.165) is 17.3 Å². The maximum Gasteiger partial charge on any atom is 0.305 e. The average molecular weight is 471 g/mol. The molecule has 3 aromatic heterocycles. The number of nitrogens with zero attached hydrogens (tertiary/aromatic N) is 3. The van der Waals surface area contributed by atoms with Crippen molar-refractivity contribution < 1.29 is 19.1 Å². The van der Waals surface area contributed by atoms with Gasteiger partial charge in [-0.25, -0.2) is 4.98 Å². The first-order chi connectivity index (χ1) is 15.3. The van der Waals surface area contributed by atoms with Gasteiger partial charge in [0, 0.05) is 12.7 Å². The van der Waals surface area contributed by atoms with Gasteiger partial charge < -0.3 is 14.8 Å². The van der Waals surface area contributed by atoms with Crippen LogP contribution < -0.4 is 10.9 Å². The van der Waals surface area contributed by atoms with Crippen LogP contribution in [0.4, 0.5) is 5.82 Å². The summed E-state index contributed by atoms with van der Waals surface area (Å²) < 4.78 is 7.00. The van der Waals surface area contributed by atoms with Crippen LogP contribution in [0.15, 0.2) is 50.8 Å². The molecule has 0 radical (unpaired) electrons. The highest BCUT2D eigenvalue weighted by atomic mass is 32.2. The molecular weight excluding hydrogens is 452 g/mol. The second-order valence-electron chi connectivity index (χ2n) is 7.02. The minimum absolute atomic E-state index is 0.0327. The van der Waals surface area contributed by atoms with E-state index in [2.05, 4.69) is 10.3 Å². The molecule has 1 aliphatic rings. The van der Waals surface area contributed by atoms with Crippen LogP contribution in [0.2, 0.25) is 0 Å². The number of nitrogens with one attached hydrogen (secondary N) is 1. The normalized spacial score (nSPS) is 15.2. The number of furan rings is 1. The average Bonchev–Trinajstić information content (AvgIpc) is 3.36. The number of thioether (sulfide) groups is 1. The molecule has 0 unspecified atom stereocenters. The number of carbonyl (C=O) groups is 2. The van der Waals surface area contributed by atoms with E-state index in [1.807, 2.05) is 13.0 Å². The zero-order chi connectivity index (χ0) is 22.8. The molecule has 0 saturated carbocycles. The number of hydrogen-bond donors (Lipinski definition) is 2. The van der Waals surface area contributed by atoms with Crippen molar-refractivity contribution in [2.24, 2.45) is 0 Å². The minimum atomic E-state index is -1.03. The van der Waals surface area contributed by atoms with Gasteiger partial charge >= 0.3 is 5.97 Å². The number of aryl methyl sites for hydroxylation is 1. The van der Waals surface area contributed by atoms with E-state index in [1.54, 1.807) is 30.7 Å². The lowest BCUT2D eigenvalue weighted by Gasteiger charge is -2.12. The molecule has 9 nitrogen and oxygen atoms in total. The molecule has 0 atom stereocenters. The molecule has 11 heteroatoms. The fraction of sp³-hybridized carbons (Fsp3) is 0.190. The molecular formula is C21H18N4O5S2. The number of pyridine rings is 1. The molecule has 1 aliphatic heterocycles. The first-order valence-corrected chi connectivity index (χ1v) is 10.8. The van der Waals surface area contributed by atoms with Crippen LogP contribution in [-0.4, -0.2) is 42.1 Å². The van der Waals surface area contributed by atoms with E-state index < -0.39 is 11.9 Å². The van der Waals surface area contributed by atoms with E-state index in [9.17, 15) is 14.4 Å². The summed E-state index contributed by atoms with van der Waals surface area (Å²) in [7, 11) is 0. The number of carbonyl (C=O) groups excluding carboxylic acids is 1. The molecule has 1 saturated heterocycles. The van der Waals surface area contributed by atoms with E-state index in [-0.39, 0.29) is 33.3 Å². The van der Waals surface area contributed by atoms with E-state index in [4.69, 9.17) is 21.7 Å². The number of rotatable bonds is 7. The first kappa shape index (κ1) is 21.8. The highest BCUT2D eigenvalue weighted by Crippen LogP contribution is 2.33. The van der Waals surface area contributed by atoms with Gasteiger partial charge in [-0.3, -0.25) is 23.7 Å². The summed E-state index contributed by atoms with van der Waals surface area (Å²) in [6, 6.07) is 7.14. The Morgan fingerprint density at radius 3 is 2.88 bits per heavy atom. The molecule has 0 spiro atoms. The number of thiocarbonyl (C=S) groups is 1. The number of carboxylic acids is 1. The van der Waals surface area contributed by atoms with Crippen LogP contribution in [-0.2, 0) is 16.1 Å². The Morgan fingerprint density at radius 1 is 1.34 bits per heavy atom. The number of aromatic nitrogens is 2. The quantitative estimate of drug-likeness (QED) is 0.397. The summed E-state index contributed by atoms with van der Waals surface area (Å²) in [4.78, 5) is 43.0. The van der Waals surface area contributed by atoms with Gasteiger partial charge in [0.05, 0.1) is 29.7 Å². The zero-order valence-corrected chi connectivity index (χ0v) is 18.5. The van der Waals surface area contributed by atoms with Crippen molar-refractivity contribution in [1.29, 1.82) is 0 Å². The summed E-state index contributed by atoms with van der Waals surface area (Å²) in [5.74, 6) is -0.514. The molecule has 1 fully saturated rings. The Hall–Kier alpha value is -3.44. The Bertz CT molecular complexity index is 1310. The van der Waals surface area contributed by atoms with Crippen LogP contribution >= 0.6 is 24.0 Å². The molecule has 2 N–H and O–H groups in total. The second kappa shape index (κ2) is 8.97. The van der Waals surface area contributed by atoms with Gasteiger partial charge in [-0.05, 0) is 36.8 Å². The van der Waals surface area contributed by atoms with Gasteiger partial charge in [-0.15, -0.1) is 0 Å². The second-order valence-corrected chi connectivity index (χ2v) is 8.70. The molecule has 3 aromatic rings. The number of fused-ring (bicyclic) bond motifs is 1. The fourth-order valence-corrected chi connectivity index (χ4v) is 4.43. The zero-order valence-electron chi connectivity index (χ0n) is 16.9. The summed E-state index contributed by atoms with van der Waals surface area (Å²) in [6.07, 6.45) is 4.45. The highest BCUT2D eigenvalue weighted by Gasteiger charge is 2.32. The predicted octanol–water partition coefficient (Wildman–Crippen LogP) is 2.88. The van der Waals surface area contributed by atoms with Crippen molar-refractivity contribution in [2.45, 2.75) is 19.9 Å². The van der Waals surface area contributed by atoms with Crippen molar-refractivity contribution in [2.75, 3.05) is 11.9 Å². The monoisotopic (exact) mass is 470 g/mol. The van der Waals surface area contributed by atoms with Gasteiger partial charge in [0.1, 0.15) is 21.5 Å². The lowest BCUT2D eigenvalue weighted by Crippen LogP contribution is -2.30. The Morgan fingerprint density at radius 2 is 2.16 bits per heavy atom. The van der Waals surface area contributed by atoms with E-state index >= 15 is 0 Å². The van der Waals surface area contributed by atoms with Crippen molar-refractivity contribution in [3.05, 3.63) is 68.9 Å². The molecule has 0 aliphatic carbocycles. The van der Waals surface area contributed by atoms with Crippen molar-refractivity contribution in [1.82, 2.24) is 14.3 Å². The maximum atomic E-state index is 13.3. The van der Waals surface area contributed by atoms with Gasteiger partial charge in [0.15, 0.2) is 0 Å². The van der Waals surface area contributed by atoms with Gasteiger partial charge in [-0.2, -0.15) is 0 Å². The third-order valence-electron chi connectivity index (χ3n) is 4.71. The van der Waals surface area contributed by atoms with Crippen molar-refractivity contribution in [3.63, 3.8) is 0 Å². The largest absolute Gasteiger partial charge is 0.481 e. The van der Waals surface area contributed by atoms with Gasteiger partial charge in [-0.1, -0.05) is 30.0 Å². The molecule has 1 amide bonds. The summed E-state index contributed by atoms with van der Waals surface area (Å²) >= 11 is 6.26. The standard InChI is InChI=1S/C21H18N4O5S2/c1-12-4-5-16-23-18(22-10-13-3-2-8-30-13)14(19(28)25(16)11-12)9-15-20(29)24(21(31)32-15)7-6-17(26)27/h2-5,8-9,11,22H,6-7,10H2,1H3,(H,26,27)/b15-9-. The number of amides is 1. The fourth-order valence-electron chi connectivity index (χ4n) is 3.14. The van der Waals surface area contributed by atoms with Gasteiger partial charge in [0.25, 0.3) is 11.5 Å². The lowest BCUT2D eigenvalue weighted by atomic mass is 10.2. The Kier molecular flexibility index (Phi) is 6.10. The van der Waals surface area contributed by atoms with Crippen LogP contribution in [0, 0.1) is 6.92 Å². The number of hydrogen-bond acceptors (Lipinski definition) is 8. The van der Waals surface area contributed by atoms with Crippen LogP contribution in [0.3, 0.4) is 0 Å². The summed E-state index contributed by atoms with van der Waals surface area (Å²) in [5, 5.41) is 12.0.